The Labute approximate surface area is 133 Å². The van der Waals surface area contributed by atoms with Gasteiger partial charge in [-0.05, 0) is 39.2 Å². The predicted octanol–water partition coefficient (Wildman–Crippen LogP) is 2.68. The summed E-state index contributed by atoms with van der Waals surface area (Å²) < 4.78 is 0. The summed E-state index contributed by atoms with van der Waals surface area (Å²) in [5.74, 6) is 0.00441. The Hall–Kier alpha value is -1.84. The average molecular weight is 302 g/mol. The molecule has 0 saturated heterocycles. The van der Waals surface area contributed by atoms with Gasteiger partial charge in [-0.25, -0.2) is 0 Å². The van der Waals surface area contributed by atoms with E-state index in [4.69, 9.17) is 0 Å². The van der Waals surface area contributed by atoms with Crippen LogP contribution in [0.4, 0.5) is 0 Å². The van der Waals surface area contributed by atoms with Crippen LogP contribution in [0, 0.1) is 5.41 Å². The van der Waals surface area contributed by atoms with Crippen molar-refractivity contribution < 1.29 is 9.59 Å². The van der Waals surface area contributed by atoms with Crippen LogP contribution in [0.2, 0.25) is 0 Å². The van der Waals surface area contributed by atoms with Crippen LogP contribution in [0.1, 0.15) is 39.2 Å². The molecule has 1 aromatic rings. The summed E-state index contributed by atoms with van der Waals surface area (Å²) in [5, 5.41) is 0. The van der Waals surface area contributed by atoms with E-state index < -0.39 is 5.41 Å². The molecule has 1 aromatic carbocycles. The van der Waals surface area contributed by atoms with Crippen LogP contribution in [0.3, 0.4) is 0 Å². The van der Waals surface area contributed by atoms with Crippen molar-refractivity contribution in [2.24, 2.45) is 5.41 Å². The highest BCUT2D eigenvalue weighted by Crippen LogP contribution is 2.49. The Morgan fingerprint density at radius 2 is 1.41 bits per heavy atom. The number of amides is 2. The number of benzene rings is 1. The number of hydrogen-bond donors (Lipinski definition) is 0. The maximum absolute atomic E-state index is 12.9. The zero-order valence-electron chi connectivity index (χ0n) is 13.8. The van der Waals surface area contributed by atoms with Gasteiger partial charge in [0.1, 0.15) is 5.41 Å². The molecule has 0 atom stereocenters. The standard InChI is InChI=1S/C18H26N2O2/c1-4-19(5-2)16(21)18(12-13-18)17(22)20(6-3)14-15-10-8-7-9-11-15/h7-11H,4-6,12-14H2,1-3H3. The Morgan fingerprint density at radius 3 is 1.86 bits per heavy atom. The van der Waals surface area contributed by atoms with Crippen molar-refractivity contribution >= 4 is 11.8 Å². The minimum absolute atomic E-state index is 0.00393. The monoisotopic (exact) mass is 302 g/mol. The van der Waals surface area contributed by atoms with Gasteiger partial charge in [-0.15, -0.1) is 0 Å². The molecule has 2 amide bonds. The third-order valence-electron chi connectivity index (χ3n) is 4.50. The highest BCUT2D eigenvalue weighted by Gasteiger charge is 2.58. The van der Waals surface area contributed by atoms with E-state index in [1.807, 2.05) is 56.0 Å². The van der Waals surface area contributed by atoms with Gasteiger partial charge in [0.25, 0.3) is 0 Å². The topological polar surface area (TPSA) is 40.6 Å². The summed E-state index contributed by atoms with van der Waals surface area (Å²) >= 11 is 0. The van der Waals surface area contributed by atoms with Crippen molar-refractivity contribution in [2.75, 3.05) is 19.6 Å². The first-order chi connectivity index (χ1) is 10.6. The normalized spacial score (nSPS) is 15.2. The summed E-state index contributed by atoms with van der Waals surface area (Å²) in [6.45, 7) is 8.42. The lowest BCUT2D eigenvalue weighted by Gasteiger charge is -2.29. The lowest BCUT2D eigenvalue weighted by molar-refractivity contribution is -0.149. The van der Waals surface area contributed by atoms with Crippen LogP contribution in [0.5, 0.6) is 0 Å². The molecular formula is C18H26N2O2. The van der Waals surface area contributed by atoms with Gasteiger partial charge in [-0.2, -0.15) is 0 Å². The molecule has 22 heavy (non-hydrogen) atoms. The third-order valence-corrected chi connectivity index (χ3v) is 4.50. The van der Waals surface area contributed by atoms with Gasteiger partial charge < -0.3 is 9.80 Å². The molecule has 0 aliphatic heterocycles. The molecule has 120 valence electrons. The molecule has 1 aliphatic carbocycles. The first-order valence-electron chi connectivity index (χ1n) is 8.21. The van der Waals surface area contributed by atoms with Gasteiger partial charge in [0.15, 0.2) is 0 Å². The second kappa shape index (κ2) is 6.95. The van der Waals surface area contributed by atoms with E-state index in [0.29, 0.717) is 39.0 Å². The quantitative estimate of drug-likeness (QED) is 0.727. The Morgan fingerprint density at radius 1 is 0.909 bits per heavy atom. The Balaban J connectivity index is 2.12. The lowest BCUT2D eigenvalue weighted by Crippen LogP contribution is -2.46. The maximum atomic E-state index is 12.9. The number of carbonyl (C=O) groups excluding carboxylic acids is 2. The van der Waals surface area contributed by atoms with Gasteiger partial charge >= 0.3 is 0 Å². The van der Waals surface area contributed by atoms with E-state index in [1.165, 1.54) is 0 Å². The second-order valence-corrected chi connectivity index (χ2v) is 5.86. The summed E-state index contributed by atoms with van der Waals surface area (Å²) in [4.78, 5) is 29.2. The predicted molar refractivity (Wildman–Crippen MR) is 87.1 cm³/mol. The van der Waals surface area contributed by atoms with Crippen molar-refractivity contribution in [3.05, 3.63) is 35.9 Å². The number of rotatable bonds is 7. The fourth-order valence-electron chi connectivity index (χ4n) is 2.89. The minimum Gasteiger partial charge on any atom is -0.342 e. The van der Waals surface area contributed by atoms with Crippen LogP contribution in [-0.4, -0.2) is 41.2 Å². The number of carbonyl (C=O) groups is 2. The molecule has 0 unspecified atom stereocenters. The van der Waals surface area contributed by atoms with E-state index >= 15 is 0 Å². The van der Waals surface area contributed by atoms with Crippen molar-refractivity contribution in [2.45, 2.75) is 40.2 Å². The smallest absolute Gasteiger partial charge is 0.238 e. The SMILES string of the molecule is CCN(CC)C(=O)C1(C(=O)N(CC)Cc2ccccc2)CC1. The van der Waals surface area contributed by atoms with Crippen LogP contribution < -0.4 is 0 Å². The highest BCUT2D eigenvalue weighted by atomic mass is 16.2. The second-order valence-electron chi connectivity index (χ2n) is 5.86. The minimum atomic E-state index is -0.781. The summed E-state index contributed by atoms with van der Waals surface area (Å²) in [6.07, 6.45) is 1.37. The molecule has 0 N–H and O–H groups in total. The van der Waals surface area contributed by atoms with Crippen LogP contribution >= 0.6 is 0 Å². The van der Waals surface area contributed by atoms with Gasteiger partial charge in [0, 0.05) is 26.2 Å². The van der Waals surface area contributed by atoms with Crippen LogP contribution in [0.15, 0.2) is 30.3 Å². The van der Waals surface area contributed by atoms with E-state index in [0.717, 1.165) is 5.56 Å². The average Bonchev–Trinajstić information content (AvgIpc) is 3.36. The molecule has 1 saturated carbocycles. The molecule has 4 heteroatoms. The zero-order chi connectivity index (χ0) is 16.2. The molecular weight excluding hydrogens is 276 g/mol. The summed E-state index contributed by atoms with van der Waals surface area (Å²) in [6, 6.07) is 9.94. The molecule has 4 nitrogen and oxygen atoms in total. The van der Waals surface area contributed by atoms with Crippen molar-refractivity contribution in [1.29, 1.82) is 0 Å². The van der Waals surface area contributed by atoms with E-state index in [-0.39, 0.29) is 11.8 Å². The molecule has 0 heterocycles. The first kappa shape index (κ1) is 16.5. The molecule has 0 radical (unpaired) electrons. The van der Waals surface area contributed by atoms with Crippen molar-refractivity contribution in [1.82, 2.24) is 9.80 Å². The van der Waals surface area contributed by atoms with E-state index in [2.05, 4.69) is 0 Å². The van der Waals surface area contributed by atoms with Crippen molar-refractivity contribution in [3.8, 4) is 0 Å². The van der Waals surface area contributed by atoms with Gasteiger partial charge in [0.05, 0.1) is 0 Å². The summed E-state index contributed by atoms with van der Waals surface area (Å²) in [5.41, 5.74) is 0.320. The van der Waals surface area contributed by atoms with Gasteiger partial charge in [0.2, 0.25) is 11.8 Å². The summed E-state index contributed by atoms with van der Waals surface area (Å²) in [7, 11) is 0. The molecule has 1 fully saturated rings. The van der Waals surface area contributed by atoms with Crippen LogP contribution in [0.25, 0.3) is 0 Å². The van der Waals surface area contributed by atoms with Crippen LogP contribution in [-0.2, 0) is 16.1 Å². The third kappa shape index (κ3) is 3.16. The fourth-order valence-corrected chi connectivity index (χ4v) is 2.89. The fraction of sp³-hybridized carbons (Fsp3) is 0.556. The number of nitrogens with zero attached hydrogens (tertiary/aromatic N) is 2. The molecule has 2 rings (SSSR count). The molecule has 0 bridgehead atoms. The Kier molecular flexibility index (Phi) is 5.22. The Bertz CT molecular complexity index is 519. The van der Waals surface area contributed by atoms with Crippen molar-refractivity contribution in [3.63, 3.8) is 0 Å². The zero-order valence-corrected chi connectivity index (χ0v) is 13.8. The molecule has 0 aromatic heterocycles. The number of hydrogen-bond acceptors (Lipinski definition) is 2. The largest absolute Gasteiger partial charge is 0.342 e. The first-order valence-corrected chi connectivity index (χ1v) is 8.21. The van der Waals surface area contributed by atoms with Gasteiger partial charge in [-0.3, -0.25) is 9.59 Å². The van der Waals surface area contributed by atoms with Gasteiger partial charge in [-0.1, -0.05) is 30.3 Å². The molecule has 1 aliphatic rings. The highest BCUT2D eigenvalue weighted by molar-refractivity contribution is 6.07. The molecule has 0 spiro atoms. The van der Waals surface area contributed by atoms with E-state index in [9.17, 15) is 9.59 Å². The maximum Gasteiger partial charge on any atom is 0.238 e. The van der Waals surface area contributed by atoms with E-state index in [1.54, 1.807) is 4.90 Å². The lowest BCUT2D eigenvalue weighted by atomic mass is 10.0.